The number of piperazine rings is 1. The van der Waals surface area contributed by atoms with Crippen LogP contribution in [-0.4, -0.2) is 79.0 Å². The molecule has 4 heterocycles. The molecule has 0 saturated carbocycles. The van der Waals surface area contributed by atoms with Gasteiger partial charge in [0.15, 0.2) is 10.9 Å². The fourth-order valence-electron chi connectivity index (χ4n) is 3.41. The third kappa shape index (κ3) is 4.67. The Balaban J connectivity index is 1.50. The number of morpholine rings is 1. The highest BCUT2D eigenvalue weighted by atomic mass is 35.5. The third-order valence-electron chi connectivity index (χ3n) is 4.83. The molecule has 2 aliphatic heterocycles. The number of hydrogen-bond acceptors (Lipinski definition) is 8. The van der Waals surface area contributed by atoms with Crippen molar-refractivity contribution in [2.24, 2.45) is 0 Å². The molecular formula is C19H26ClN5O3S. The minimum atomic E-state index is -0.483. The Hall–Kier alpha value is -1.84. The van der Waals surface area contributed by atoms with Gasteiger partial charge in [0.2, 0.25) is 0 Å². The van der Waals surface area contributed by atoms with E-state index in [4.69, 9.17) is 26.1 Å². The van der Waals surface area contributed by atoms with Crippen LogP contribution in [-0.2, 0) is 9.47 Å². The zero-order valence-corrected chi connectivity index (χ0v) is 18.6. The van der Waals surface area contributed by atoms with Crippen molar-refractivity contribution >= 4 is 50.2 Å². The highest BCUT2D eigenvalue weighted by molar-refractivity contribution is 7.22. The van der Waals surface area contributed by atoms with Crippen molar-refractivity contribution in [2.75, 3.05) is 62.3 Å². The molecule has 1 amide bonds. The zero-order valence-electron chi connectivity index (χ0n) is 17.0. The van der Waals surface area contributed by atoms with Gasteiger partial charge in [-0.2, -0.15) is 0 Å². The molecule has 2 aromatic heterocycles. The molecule has 0 spiro atoms. The molecule has 2 fully saturated rings. The van der Waals surface area contributed by atoms with Gasteiger partial charge in [0.05, 0.1) is 17.9 Å². The van der Waals surface area contributed by atoms with Crippen LogP contribution in [0.1, 0.15) is 20.8 Å². The topological polar surface area (TPSA) is 71.0 Å². The number of amides is 1. The molecule has 2 saturated heterocycles. The molecule has 0 aromatic carbocycles. The van der Waals surface area contributed by atoms with Gasteiger partial charge in [-0.1, -0.05) is 22.9 Å². The maximum absolute atomic E-state index is 12.3. The first kappa shape index (κ1) is 20.4. The summed E-state index contributed by atoms with van der Waals surface area (Å²) in [5.74, 6) is 0.825. The van der Waals surface area contributed by atoms with Crippen LogP contribution in [0.4, 0.5) is 15.7 Å². The highest BCUT2D eigenvalue weighted by Gasteiger charge is 2.28. The smallest absolute Gasteiger partial charge is 0.410 e. The van der Waals surface area contributed by atoms with Gasteiger partial charge in [-0.3, -0.25) is 0 Å². The molecule has 8 nitrogen and oxygen atoms in total. The van der Waals surface area contributed by atoms with Gasteiger partial charge in [-0.05, 0) is 26.8 Å². The third-order valence-corrected chi connectivity index (χ3v) is 6.09. The van der Waals surface area contributed by atoms with Crippen molar-refractivity contribution in [3.8, 4) is 0 Å². The van der Waals surface area contributed by atoms with Gasteiger partial charge in [0, 0.05) is 39.3 Å². The number of pyridine rings is 1. The number of carbonyl (C=O) groups is 1. The fourth-order valence-corrected chi connectivity index (χ4v) is 4.71. The van der Waals surface area contributed by atoms with E-state index in [1.165, 1.54) is 0 Å². The van der Waals surface area contributed by atoms with Crippen LogP contribution in [0.25, 0.3) is 10.2 Å². The molecule has 2 aromatic rings. The average molecular weight is 440 g/mol. The van der Waals surface area contributed by atoms with Crippen LogP contribution < -0.4 is 9.80 Å². The standard InChI is InChI=1S/C19H26ClN5O3S/c1-19(2,3)28-18(26)25-6-4-24(5-7-25)17-22-15-13(29-17)12-14(20)21-16(15)23-8-10-27-11-9-23/h12H,4-11H2,1-3H3. The summed E-state index contributed by atoms with van der Waals surface area (Å²) in [6.45, 7) is 11.2. The number of carbonyl (C=O) groups excluding carboxylic acids is 1. The van der Waals surface area contributed by atoms with E-state index in [2.05, 4.69) is 14.8 Å². The van der Waals surface area contributed by atoms with Gasteiger partial charge in [0.1, 0.15) is 16.3 Å². The van der Waals surface area contributed by atoms with Crippen LogP contribution in [0, 0.1) is 0 Å². The Labute approximate surface area is 179 Å². The second-order valence-corrected chi connectivity index (χ2v) is 9.56. The number of halogens is 1. The first-order chi connectivity index (χ1) is 13.8. The molecule has 2 aliphatic rings. The summed E-state index contributed by atoms with van der Waals surface area (Å²) in [6.07, 6.45) is -0.257. The summed E-state index contributed by atoms with van der Waals surface area (Å²) in [5.41, 5.74) is 0.398. The predicted molar refractivity (Wildman–Crippen MR) is 115 cm³/mol. The molecule has 0 bridgehead atoms. The van der Waals surface area contributed by atoms with Crippen molar-refractivity contribution < 1.29 is 14.3 Å². The number of thiazole rings is 1. The Kier molecular flexibility index (Phi) is 5.72. The summed E-state index contributed by atoms with van der Waals surface area (Å²) in [4.78, 5) is 27.9. The Bertz CT molecular complexity index is 886. The SMILES string of the molecule is CC(C)(C)OC(=O)N1CCN(c2nc3c(N4CCOCC4)nc(Cl)cc3s2)CC1. The number of anilines is 2. The van der Waals surface area contributed by atoms with E-state index in [1.54, 1.807) is 16.2 Å². The van der Waals surface area contributed by atoms with Gasteiger partial charge < -0.3 is 24.2 Å². The van der Waals surface area contributed by atoms with Crippen molar-refractivity contribution in [3.63, 3.8) is 0 Å². The van der Waals surface area contributed by atoms with E-state index >= 15 is 0 Å². The molecule has 0 radical (unpaired) electrons. The number of ether oxygens (including phenoxy) is 2. The van der Waals surface area contributed by atoms with Gasteiger partial charge in [-0.15, -0.1) is 0 Å². The lowest BCUT2D eigenvalue weighted by atomic mass is 10.2. The van der Waals surface area contributed by atoms with Gasteiger partial charge in [0.25, 0.3) is 0 Å². The zero-order chi connectivity index (χ0) is 20.6. The maximum atomic E-state index is 12.3. The van der Waals surface area contributed by atoms with E-state index in [0.29, 0.717) is 44.5 Å². The van der Waals surface area contributed by atoms with Crippen LogP contribution in [0.3, 0.4) is 0 Å². The molecule has 10 heteroatoms. The molecule has 0 atom stereocenters. The summed E-state index contributed by atoms with van der Waals surface area (Å²) < 4.78 is 12.0. The number of fused-ring (bicyclic) bond motifs is 1. The Morgan fingerprint density at radius 2 is 1.79 bits per heavy atom. The van der Waals surface area contributed by atoms with Gasteiger partial charge in [-0.25, -0.2) is 14.8 Å². The summed E-state index contributed by atoms with van der Waals surface area (Å²) in [7, 11) is 0. The van der Waals surface area contributed by atoms with E-state index < -0.39 is 5.60 Å². The van der Waals surface area contributed by atoms with E-state index in [0.717, 1.165) is 34.3 Å². The van der Waals surface area contributed by atoms with Crippen molar-refractivity contribution in [3.05, 3.63) is 11.2 Å². The predicted octanol–water partition coefficient (Wildman–Crippen LogP) is 3.24. The van der Waals surface area contributed by atoms with E-state index in [-0.39, 0.29) is 6.09 Å². The number of hydrogen-bond donors (Lipinski definition) is 0. The van der Waals surface area contributed by atoms with E-state index in [1.807, 2.05) is 26.8 Å². The van der Waals surface area contributed by atoms with Crippen LogP contribution in [0.5, 0.6) is 0 Å². The number of nitrogens with zero attached hydrogens (tertiary/aromatic N) is 5. The molecule has 0 N–H and O–H groups in total. The van der Waals surface area contributed by atoms with Crippen LogP contribution >= 0.6 is 22.9 Å². The molecule has 0 unspecified atom stereocenters. The monoisotopic (exact) mass is 439 g/mol. The summed E-state index contributed by atoms with van der Waals surface area (Å²) in [5, 5.41) is 1.41. The fraction of sp³-hybridized carbons (Fsp3) is 0.632. The lowest BCUT2D eigenvalue weighted by Crippen LogP contribution is -2.50. The average Bonchev–Trinajstić information content (AvgIpc) is 3.10. The minimum absolute atomic E-state index is 0.257. The first-order valence-electron chi connectivity index (χ1n) is 9.83. The van der Waals surface area contributed by atoms with Crippen molar-refractivity contribution in [1.29, 1.82) is 0 Å². The second-order valence-electron chi connectivity index (χ2n) is 8.17. The summed E-state index contributed by atoms with van der Waals surface area (Å²) >= 11 is 7.90. The lowest BCUT2D eigenvalue weighted by Gasteiger charge is -2.35. The van der Waals surface area contributed by atoms with Crippen LogP contribution in [0.2, 0.25) is 5.15 Å². The van der Waals surface area contributed by atoms with E-state index in [9.17, 15) is 4.79 Å². The molecule has 4 rings (SSSR count). The normalized spacial score (nSPS) is 18.4. The molecule has 29 heavy (non-hydrogen) atoms. The Morgan fingerprint density at radius 1 is 1.10 bits per heavy atom. The van der Waals surface area contributed by atoms with Crippen molar-refractivity contribution in [2.45, 2.75) is 26.4 Å². The number of aromatic nitrogens is 2. The molecular weight excluding hydrogens is 414 g/mol. The quantitative estimate of drug-likeness (QED) is 0.665. The van der Waals surface area contributed by atoms with Crippen LogP contribution in [0.15, 0.2) is 6.07 Å². The first-order valence-corrected chi connectivity index (χ1v) is 11.0. The highest BCUT2D eigenvalue weighted by Crippen LogP contribution is 2.36. The minimum Gasteiger partial charge on any atom is -0.444 e. The number of rotatable bonds is 2. The summed E-state index contributed by atoms with van der Waals surface area (Å²) in [6, 6.07) is 1.87. The van der Waals surface area contributed by atoms with Gasteiger partial charge >= 0.3 is 6.09 Å². The lowest BCUT2D eigenvalue weighted by molar-refractivity contribution is 0.0240. The molecule has 0 aliphatic carbocycles. The largest absolute Gasteiger partial charge is 0.444 e. The maximum Gasteiger partial charge on any atom is 0.410 e. The second kappa shape index (κ2) is 8.12. The van der Waals surface area contributed by atoms with Crippen molar-refractivity contribution in [1.82, 2.24) is 14.9 Å². The Morgan fingerprint density at radius 3 is 2.45 bits per heavy atom. The molecule has 158 valence electrons.